The third kappa shape index (κ3) is 4.61. The average molecular weight is 419 g/mol. The molecule has 4 rings (SSSR count). The van der Waals surface area contributed by atoms with Gasteiger partial charge in [-0.05, 0) is 42.7 Å². The molecule has 0 spiro atoms. The molecule has 3 aromatic rings. The molecule has 0 unspecified atom stereocenters. The minimum atomic E-state index is -1.08. The van der Waals surface area contributed by atoms with E-state index in [1.54, 1.807) is 24.3 Å². The van der Waals surface area contributed by atoms with Gasteiger partial charge in [-0.15, -0.1) is 0 Å². The van der Waals surface area contributed by atoms with Gasteiger partial charge < -0.3 is 14.6 Å². The number of aryl methyl sites for hydroxylation is 1. The molecule has 31 heavy (non-hydrogen) atoms. The van der Waals surface area contributed by atoms with Crippen molar-refractivity contribution in [2.75, 3.05) is 6.61 Å². The van der Waals surface area contributed by atoms with Crippen LogP contribution in [0.5, 0.6) is 11.6 Å². The van der Waals surface area contributed by atoms with Gasteiger partial charge in [-0.1, -0.05) is 6.07 Å². The number of halogens is 1. The minimum Gasteiger partial charge on any atom is -0.493 e. The number of carboxylic acids is 1. The molecule has 3 heterocycles. The summed E-state index contributed by atoms with van der Waals surface area (Å²) in [5.41, 5.74) is 2.78. The highest BCUT2D eigenvalue weighted by atomic mass is 19.1. The van der Waals surface area contributed by atoms with Crippen LogP contribution in [0.15, 0.2) is 42.6 Å². The quantitative estimate of drug-likeness (QED) is 0.675. The number of hydrogen-bond acceptors (Lipinski definition) is 6. The zero-order chi connectivity index (χ0) is 21.8. The first kappa shape index (κ1) is 20.3. The van der Waals surface area contributed by atoms with E-state index in [9.17, 15) is 19.6 Å². The second-order valence-corrected chi connectivity index (χ2v) is 7.05. The SMILES string of the molecule is N#Cc1cnc2c(c1)CCCOc1cc(c(F)cc1CC(=O)O)-c1cccc(n1)OC2. The van der Waals surface area contributed by atoms with Gasteiger partial charge in [0.2, 0.25) is 5.88 Å². The molecule has 0 fully saturated rings. The molecule has 0 radical (unpaired) electrons. The molecule has 1 aromatic carbocycles. The molecule has 1 aliphatic heterocycles. The summed E-state index contributed by atoms with van der Waals surface area (Å²) in [5, 5.41) is 18.3. The Hall–Kier alpha value is -3.99. The first-order valence-electron chi connectivity index (χ1n) is 9.68. The second kappa shape index (κ2) is 8.79. The van der Waals surface area contributed by atoms with E-state index in [1.165, 1.54) is 18.3 Å². The van der Waals surface area contributed by atoms with Crippen LogP contribution < -0.4 is 9.47 Å². The number of aromatic nitrogens is 2. The number of carbonyl (C=O) groups is 1. The van der Waals surface area contributed by atoms with Gasteiger partial charge in [-0.25, -0.2) is 9.37 Å². The van der Waals surface area contributed by atoms with Crippen molar-refractivity contribution in [3.05, 3.63) is 70.8 Å². The lowest BCUT2D eigenvalue weighted by molar-refractivity contribution is -0.136. The zero-order valence-electron chi connectivity index (χ0n) is 16.5. The van der Waals surface area contributed by atoms with Crippen LogP contribution in [0, 0.1) is 17.1 Å². The molecule has 0 atom stereocenters. The van der Waals surface area contributed by atoms with E-state index in [4.69, 9.17) is 9.47 Å². The van der Waals surface area contributed by atoms with E-state index in [0.717, 1.165) is 5.56 Å². The average Bonchev–Trinajstić information content (AvgIpc) is 2.76. The number of fused-ring (bicyclic) bond motifs is 6. The van der Waals surface area contributed by atoms with Gasteiger partial charge in [0.1, 0.15) is 24.2 Å². The van der Waals surface area contributed by atoms with Crippen molar-refractivity contribution in [2.24, 2.45) is 0 Å². The number of rotatable bonds is 2. The first-order valence-corrected chi connectivity index (χ1v) is 9.68. The molecular formula is C23H18FN3O4. The largest absolute Gasteiger partial charge is 0.493 e. The van der Waals surface area contributed by atoms with E-state index in [1.807, 2.05) is 0 Å². The van der Waals surface area contributed by atoms with Gasteiger partial charge >= 0.3 is 5.97 Å². The van der Waals surface area contributed by atoms with E-state index < -0.39 is 11.8 Å². The number of hydrogen-bond donors (Lipinski definition) is 1. The Morgan fingerprint density at radius 1 is 1.26 bits per heavy atom. The highest BCUT2D eigenvalue weighted by Gasteiger charge is 2.17. The zero-order valence-corrected chi connectivity index (χ0v) is 16.5. The van der Waals surface area contributed by atoms with Gasteiger partial charge in [-0.3, -0.25) is 9.78 Å². The van der Waals surface area contributed by atoms with Crippen molar-refractivity contribution in [3.63, 3.8) is 0 Å². The number of benzene rings is 1. The number of ether oxygens (including phenoxy) is 2. The van der Waals surface area contributed by atoms with E-state index in [0.29, 0.717) is 41.4 Å². The van der Waals surface area contributed by atoms with Crippen molar-refractivity contribution in [2.45, 2.75) is 25.9 Å². The van der Waals surface area contributed by atoms with Crippen LogP contribution in [0.4, 0.5) is 4.39 Å². The molecule has 1 N–H and O–H groups in total. The molecule has 4 bridgehead atoms. The Balaban J connectivity index is 1.76. The minimum absolute atomic E-state index is 0.156. The Morgan fingerprint density at radius 3 is 2.94 bits per heavy atom. The molecule has 2 aromatic heterocycles. The van der Waals surface area contributed by atoms with E-state index in [2.05, 4.69) is 16.0 Å². The van der Waals surface area contributed by atoms with Crippen molar-refractivity contribution < 1.29 is 23.8 Å². The second-order valence-electron chi connectivity index (χ2n) is 7.05. The normalized spacial score (nSPS) is 13.0. The van der Waals surface area contributed by atoms with E-state index in [-0.39, 0.29) is 30.8 Å². The highest BCUT2D eigenvalue weighted by Crippen LogP contribution is 2.31. The third-order valence-corrected chi connectivity index (χ3v) is 4.89. The van der Waals surface area contributed by atoms with Crippen molar-refractivity contribution >= 4 is 5.97 Å². The van der Waals surface area contributed by atoms with Crippen molar-refractivity contribution in [1.82, 2.24) is 9.97 Å². The fourth-order valence-corrected chi connectivity index (χ4v) is 3.40. The lowest BCUT2D eigenvalue weighted by atomic mass is 10.0. The summed E-state index contributed by atoms with van der Waals surface area (Å²) >= 11 is 0. The Bertz CT molecular complexity index is 1190. The fraction of sp³-hybridized carbons (Fsp3) is 0.217. The highest BCUT2D eigenvalue weighted by molar-refractivity contribution is 5.73. The van der Waals surface area contributed by atoms with Crippen LogP contribution in [0.2, 0.25) is 0 Å². The number of pyridine rings is 2. The van der Waals surface area contributed by atoms with E-state index >= 15 is 0 Å². The molecule has 0 saturated heterocycles. The number of nitrogens with zero attached hydrogens (tertiary/aromatic N) is 3. The van der Waals surface area contributed by atoms with Crippen LogP contribution in [0.1, 0.15) is 28.8 Å². The molecule has 0 aliphatic carbocycles. The summed E-state index contributed by atoms with van der Waals surface area (Å²) in [6, 6.07) is 11.5. The standard InChI is InChI=1S/C23H18FN3O4/c24-18-8-16(9-23(28)29)21-10-17(18)19-4-1-5-22(27-19)31-13-20-15(3-2-6-30-21)7-14(11-25)12-26-20/h1,4-5,7-8,10,12H,2-3,6,9,13H2,(H,28,29). The van der Waals surface area contributed by atoms with Crippen LogP contribution in [0.3, 0.4) is 0 Å². The van der Waals surface area contributed by atoms with Gasteiger partial charge in [-0.2, -0.15) is 5.26 Å². The van der Waals surface area contributed by atoms with Crippen molar-refractivity contribution in [3.8, 4) is 29.0 Å². The topological polar surface area (TPSA) is 105 Å². The summed E-state index contributed by atoms with van der Waals surface area (Å²) in [7, 11) is 0. The maximum atomic E-state index is 14.8. The van der Waals surface area contributed by atoms with Gasteiger partial charge in [0.05, 0.1) is 30.0 Å². The fourth-order valence-electron chi connectivity index (χ4n) is 3.40. The van der Waals surface area contributed by atoms with Crippen LogP contribution >= 0.6 is 0 Å². The number of nitriles is 1. The van der Waals surface area contributed by atoms with Gasteiger partial charge in [0.15, 0.2) is 0 Å². The lowest BCUT2D eigenvalue weighted by Crippen LogP contribution is -2.09. The Kier molecular flexibility index (Phi) is 5.76. The lowest BCUT2D eigenvalue weighted by Gasteiger charge is -2.16. The van der Waals surface area contributed by atoms with Crippen LogP contribution in [0.25, 0.3) is 11.3 Å². The summed E-state index contributed by atoms with van der Waals surface area (Å²) in [5.74, 6) is -1.07. The summed E-state index contributed by atoms with van der Waals surface area (Å²) in [4.78, 5) is 19.9. The molecule has 8 heteroatoms. The van der Waals surface area contributed by atoms with Crippen molar-refractivity contribution in [1.29, 1.82) is 5.26 Å². The third-order valence-electron chi connectivity index (χ3n) is 4.89. The summed E-state index contributed by atoms with van der Waals surface area (Å²) in [6.07, 6.45) is 2.30. The first-order chi connectivity index (χ1) is 15.0. The molecule has 0 amide bonds. The Labute approximate surface area is 177 Å². The summed E-state index contributed by atoms with van der Waals surface area (Å²) in [6.45, 7) is 0.436. The smallest absolute Gasteiger partial charge is 0.307 e. The number of aliphatic carboxylic acids is 1. The molecule has 0 saturated carbocycles. The Morgan fingerprint density at radius 2 is 2.13 bits per heavy atom. The van der Waals surface area contributed by atoms with Crippen LogP contribution in [-0.4, -0.2) is 27.7 Å². The monoisotopic (exact) mass is 419 g/mol. The molecule has 1 aliphatic rings. The van der Waals surface area contributed by atoms with Gasteiger partial charge in [0.25, 0.3) is 0 Å². The molecule has 156 valence electrons. The van der Waals surface area contributed by atoms with Crippen LogP contribution in [-0.2, 0) is 24.2 Å². The molecular weight excluding hydrogens is 401 g/mol. The predicted octanol–water partition coefficient (Wildman–Crippen LogP) is 3.69. The molecule has 7 nitrogen and oxygen atoms in total. The maximum Gasteiger partial charge on any atom is 0.307 e. The number of carboxylic acid groups (broad SMARTS) is 1. The van der Waals surface area contributed by atoms with Gasteiger partial charge in [0, 0.05) is 23.4 Å². The predicted molar refractivity (Wildman–Crippen MR) is 108 cm³/mol. The maximum absolute atomic E-state index is 14.8. The summed E-state index contributed by atoms with van der Waals surface area (Å²) < 4.78 is 26.4.